The van der Waals surface area contributed by atoms with Gasteiger partial charge in [0.15, 0.2) is 17.7 Å². The molecule has 6 rings (SSSR count). The summed E-state index contributed by atoms with van der Waals surface area (Å²) in [5.41, 5.74) is -3.68. The molecule has 1 saturated carbocycles. The quantitative estimate of drug-likeness (QED) is 0.266. The summed E-state index contributed by atoms with van der Waals surface area (Å²) >= 11 is 0. The fraction of sp³-hybridized carbons (Fsp3) is 0.917. The first-order valence-electron chi connectivity index (χ1n) is 18.4. The second kappa shape index (κ2) is 14.6. The van der Waals surface area contributed by atoms with Crippen LogP contribution in [0.2, 0.25) is 0 Å². The molecular weight excluding hydrogens is 632 g/mol. The van der Waals surface area contributed by atoms with E-state index in [-0.39, 0.29) is 42.9 Å². The summed E-state index contributed by atoms with van der Waals surface area (Å²) in [6.07, 6.45) is -0.427. The van der Waals surface area contributed by atoms with Crippen LogP contribution >= 0.6 is 0 Å². The van der Waals surface area contributed by atoms with E-state index in [0.29, 0.717) is 38.4 Å². The van der Waals surface area contributed by atoms with Crippen LogP contribution < -0.4 is 10.6 Å². The molecule has 0 aromatic carbocycles. The van der Waals surface area contributed by atoms with Gasteiger partial charge in [-0.2, -0.15) is 0 Å². The number of nitrogens with one attached hydrogen (secondary N) is 2. The topological polar surface area (TPSA) is 148 Å². The number of fused-ring (bicyclic) bond motifs is 10. The fourth-order valence-electron chi connectivity index (χ4n) is 8.87. The van der Waals surface area contributed by atoms with Crippen molar-refractivity contribution in [2.24, 2.45) is 17.3 Å². The molecule has 0 radical (unpaired) electrons. The molecule has 1 aliphatic carbocycles. The third-order valence-corrected chi connectivity index (χ3v) is 12.2. The number of hydrogen-bond acceptors (Lipinski definition) is 12. The summed E-state index contributed by atoms with van der Waals surface area (Å²) in [6.45, 7) is 14.6. The first-order chi connectivity index (χ1) is 22.9. The summed E-state index contributed by atoms with van der Waals surface area (Å²) in [5.74, 6) is -1.75. The average Bonchev–Trinajstić information content (AvgIpc) is 3.81. The number of likely N-dealkylation sites (N-methyl/N-ethyl adjacent to an activating group) is 2. The number of ether oxygens (including phenoxy) is 5. The van der Waals surface area contributed by atoms with Crippen molar-refractivity contribution in [3.05, 3.63) is 0 Å². The van der Waals surface area contributed by atoms with Gasteiger partial charge in [-0.05, 0) is 93.3 Å². The third kappa shape index (κ3) is 7.68. The van der Waals surface area contributed by atoms with E-state index in [1.165, 1.54) is 0 Å². The molecule has 5 saturated heterocycles. The number of aliphatic hydroxyl groups is 1. The Morgan fingerprint density at radius 3 is 2.45 bits per heavy atom. The number of aliphatic hydroxyl groups excluding tert-OH is 1. The van der Waals surface area contributed by atoms with E-state index in [2.05, 4.69) is 22.5 Å². The van der Waals surface area contributed by atoms with Crippen LogP contribution in [-0.4, -0.2) is 140 Å². The Morgan fingerprint density at radius 2 is 1.82 bits per heavy atom. The highest BCUT2D eigenvalue weighted by Gasteiger charge is 2.59. The number of rotatable bonds is 7. The zero-order chi connectivity index (χ0) is 36.1. The SMILES string of the molecule is CC[C@H]1OC(=O)C2(C)CCOC(C)(C[C@@H](C)CN(C)[C@H](C)[C@H]3NC(=O)O[C@@]31C)[C@H](O[C@@H]1O[C@H](CNC3CC3)C[C@H](N(C)C)[C@H]1O)[C@@H](C)C2=O. The molecule has 2 unspecified atom stereocenters. The summed E-state index contributed by atoms with van der Waals surface area (Å²) in [6, 6.07) is -0.368. The maximum absolute atomic E-state index is 14.7. The van der Waals surface area contributed by atoms with Gasteiger partial charge in [0, 0.05) is 43.7 Å². The monoisotopic (exact) mass is 694 g/mol. The predicted octanol–water partition coefficient (Wildman–Crippen LogP) is 2.47. The molecule has 0 aromatic heterocycles. The van der Waals surface area contributed by atoms with Gasteiger partial charge in [0.1, 0.15) is 17.6 Å². The van der Waals surface area contributed by atoms with Crippen LogP contribution in [0.15, 0.2) is 0 Å². The lowest BCUT2D eigenvalue weighted by Gasteiger charge is -2.49. The van der Waals surface area contributed by atoms with Gasteiger partial charge in [0.05, 0.1) is 23.9 Å². The Hall–Kier alpha value is -1.87. The molecule has 0 spiro atoms. The molecule has 5 heterocycles. The predicted molar refractivity (Wildman–Crippen MR) is 182 cm³/mol. The van der Waals surface area contributed by atoms with E-state index in [9.17, 15) is 19.5 Å². The molecule has 6 aliphatic rings. The normalized spacial score (nSPS) is 45.9. The average molecular weight is 695 g/mol. The maximum atomic E-state index is 14.7. The van der Waals surface area contributed by atoms with Crippen molar-refractivity contribution in [2.45, 2.75) is 153 Å². The minimum atomic E-state index is -1.55. The van der Waals surface area contributed by atoms with Crippen molar-refractivity contribution in [1.82, 2.24) is 20.4 Å². The summed E-state index contributed by atoms with van der Waals surface area (Å²) in [7, 11) is 5.89. The van der Waals surface area contributed by atoms with Crippen molar-refractivity contribution < 1.29 is 43.2 Å². The zero-order valence-corrected chi connectivity index (χ0v) is 31.3. The Bertz CT molecular complexity index is 1220. The zero-order valence-electron chi connectivity index (χ0n) is 31.3. The molecule has 2 bridgehead atoms. The van der Waals surface area contributed by atoms with Gasteiger partial charge in [-0.25, -0.2) is 4.79 Å². The lowest BCUT2D eigenvalue weighted by atomic mass is 9.70. The molecule has 13 atom stereocenters. The molecule has 5 aliphatic heterocycles. The standard InChI is InChI=1S/C36H62N4O9/c1-11-26-36(7)28(38-33(44)49-36)22(4)40(10)19-20(2)17-35(6)30(21(3)29(42)34(5,14-15-45-35)32(43)47-26)48-31-27(41)25(39(8)9)16-24(46-31)18-37-23-12-13-23/h20-28,30-31,37,41H,11-19H2,1-10H3,(H,38,44)/t20-,21+,22-,24+,25+,26-,27-,28-,30-,31+,34?,35?,36-/m1/s1. The Labute approximate surface area is 292 Å². The molecule has 13 nitrogen and oxygen atoms in total. The van der Waals surface area contributed by atoms with Crippen molar-refractivity contribution in [3.63, 3.8) is 0 Å². The third-order valence-electron chi connectivity index (χ3n) is 12.2. The molecule has 1 amide bonds. The highest BCUT2D eigenvalue weighted by Crippen LogP contribution is 2.43. The van der Waals surface area contributed by atoms with E-state index in [1.54, 1.807) is 20.8 Å². The molecule has 6 fully saturated rings. The van der Waals surface area contributed by atoms with E-state index in [1.807, 2.05) is 46.8 Å². The van der Waals surface area contributed by atoms with E-state index in [4.69, 9.17) is 23.7 Å². The molecule has 13 heteroatoms. The minimum absolute atomic E-state index is 0.0631. The smallest absolute Gasteiger partial charge is 0.408 e. The van der Waals surface area contributed by atoms with Crippen LogP contribution in [0, 0.1) is 17.3 Å². The lowest BCUT2D eigenvalue weighted by Crippen LogP contribution is -2.62. The number of Topliss-reactive ketones (excluding diaryl/α,β-unsaturated/α-hetero) is 1. The van der Waals surface area contributed by atoms with Crippen LogP contribution in [0.5, 0.6) is 0 Å². The molecule has 0 aromatic rings. The van der Waals surface area contributed by atoms with E-state index >= 15 is 0 Å². The number of esters is 1. The first-order valence-corrected chi connectivity index (χ1v) is 18.4. The van der Waals surface area contributed by atoms with Gasteiger partial charge in [-0.1, -0.05) is 20.8 Å². The first kappa shape index (κ1) is 38.4. The fourth-order valence-corrected chi connectivity index (χ4v) is 8.87. The Balaban J connectivity index is 1.52. The van der Waals surface area contributed by atoms with E-state index < -0.39 is 65.2 Å². The van der Waals surface area contributed by atoms with Gasteiger partial charge in [0.25, 0.3) is 0 Å². The van der Waals surface area contributed by atoms with Crippen LogP contribution in [0.4, 0.5) is 4.79 Å². The highest BCUT2D eigenvalue weighted by molar-refractivity contribution is 6.04. The van der Waals surface area contributed by atoms with Crippen LogP contribution in [-0.2, 0) is 33.3 Å². The number of amides is 1. The second-order valence-electron chi connectivity index (χ2n) is 16.5. The largest absolute Gasteiger partial charge is 0.457 e. The number of carbonyl (C=O) groups is 3. The maximum Gasteiger partial charge on any atom is 0.408 e. The van der Waals surface area contributed by atoms with Gasteiger partial charge >= 0.3 is 12.1 Å². The molecule has 49 heavy (non-hydrogen) atoms. The van der Waals surface area contributed by atoms with Crippen molar-refractivity contribution >= 4 is 17.8 Å². The summed E-state index contributed by atoms with van der Waals surface area (Å²) < 4.78 is 32.1. The molecule has 3 N–H and O–H groups in total. The van der Waals surface area contributed by atoms with Gasteiger partial charge < -0.3 is 49.2 Å². The Kier molecular flexibility index (Phi) is 11.5. The van der Waals surface area contributed by atoms with Crippen molar-refractivity contribution in [2.75, 3.05) is 40.8 Å². The lowest BCUT2D eigenvalue weighted by molar-refractivity contribution is -0.301. The van der Waals surface area contributed by atoms with Crippen LogP contribution in [0.1, 0.15) is 87.0 Å². The number of hydrogen-bond donors (Lipinski definition) is 3. The minimum Gasteiger partial charge on any atom is -0.457 e. The summed E-state index contributed by atoms with van der Waals surface area (Å²) in [4.78, 5) is 45.8. The second-order valence-corrected chi connectivity index (χ2v) is 16.5. The molecule has 280 valence electrons. The van der Waals surface area contributed by atoms with Crippen molar-refractivity contribution in [1.29, 1.82) is 0 Å². The van der Waals surface area contributed by atoms with Crippen LogP contribution in [0.25, 0.3) is 0 Å². The number of ketones is 1. The summed E-state index contributed by atoms with van der Waals surface area (Å²) in [5, 5.41) is 18.2. The van der Waals surface area contributed by atoms with Gasteiger partial charge in [-0.15, -0.1) is 0 Å². The number of nitrogens with zero attached hydrogens (tertiary/aromatic N) is 2. The van der Waals surface area contributed by atoms with Crippen LogP contribution in [0.3, 0.4) is 0 Å². The molecular formula is C36H62N4O9. The number of alkyl carbamates (subject to hydrolysis) is 1. The highest BCUT2D eigenvalue weighted by atomic mass is 16.7. The number of carbonyl (C=O) groups excluding carboxylic acids is 3. The van der Waals surface area contributed by atoms with Gasteiger partial charge in [-0.3, -0.25) is 9.59 Å². The van der Waals surface area contributed by atoms with Gasteiger partial charge in [0.2, 0.25) is 0 Å². The Morgan fingerprint density at radius 1 is 1.12 bits per heavy atom. The van der Waals surface area contributed by atoms with E-state index in [0.717, 1.165) is 12.8 Å². The van der Waals surface area contributed by atoms with Crippen molar-refractivity contribution in [3.8, 4) is 0 Å².